The Morgan fingerprint density at radius 1 is 1.10 bits per heavy atom. The van der Waals surface area contributed by atoms with E-state index in [1.807, 2.05) is 0 Å². The van der Waals surface area contributed by atoms with Crippen LogP contribution in [0.2, 0.25) is 0 Å². The van der Waals surface area contributed by atoms with Crippen LogP contribution in [-0.2, 0) is 21.9 Å². The molecule has 0 bridgehead atoms. The van der Waals surface area contributed by atoms with E-state index in [9.17, 15) is 26.4 Å². The third-order valence-electron chi connectivity index (χ3n) is 4.48. The van der Waals surface area contributed by atoms with Gasteiger partial charge in [0, 0.05) is 38.0 Å². The molecular weight excluding hydrogens is 433 g/mol. The van der Waals surface area contributed by atoms with Crippen molar-refractivity contribution in [3.05, 3.63) is 83.7 Å². The lowest BCUT2D eigenvalue weighted by Crippen LogP contribution is -2.34. The van der Waals surface area contributed by atoms with Crippen molar-refractivity contribution in [2.24, 2.45) is 7.05 Å². The van der Waals surface area contributed by atoms with Crippen molar-refractivity contribution in [2.75, 3.05) is 6.54 Å². The molecule has 0 saturated heterocycles. The lowest BCUT2D eigenvalue weighted by atomic mass is 10.1. The predicted molar refractivity (Wildman–Crippen MR) is 106 cm³/mol. The molecule has 7 nitrogen and oxygen atoms in total. The maximum absolute atomic E-state index is 14.3. The fourth-order valence-electron chi connectivity index (χ4n) is 2.91. The molecule has 1 amide bonds. The summed E-state index contributed by atoms with van der Waals surface area (Å²) in [5.41, 5.74) is 0.201. The van der Waals surface area contributed by atoms with E-state index in [0.29, 0.717) is 18.0 Å². The average molecular weight is 452 g/mol. The molecule has 0 spiro atoms. The van der Waals surface area contributed by atoms with Crippen LogP contribution in [0.15, 0.2) is 59.8 Å². The van der Waals surface area contributed by atoms with Crippen LogP contribution in [0.3, 0.4) is 0 Å². The summed E-state index contributed by atoms with van der Waals surface area (Å²) in [6.45, 7) is -0.308. The second kappa shape index (κ2) is 9.31. The first kappa shape index (κ1) is 22.5. The number of aryl methyl sites for hydroxylation is 1. The first-order chi connectivity index (χ1) is 14.7. The van der Waals surface area contributed by atoms with Crippen LogP contribution in [0.25, 0.3) is 0 Å². The molecule has 2 aromatic carbocycles. The van der Waals surface area contributed by atoms with E-state index >= 15 is 0 Å². The van der Waals surface area contributed by atoms with Crippen LogP contribution >= 0.6 is 0 Å². The third kappa shape index (κ3) is 5.30. The zero-order chi connectivity index (χ0) is 22.6. The fourth-order valence-corrected chi connectivity index (χ4v) is 3.95. The van der Waals surface area contributed by atoms with Crippen LogP contribution in [0.1, 0.15) is 23.9 Å². The fraction of sp³-hybridized carbons (Fsp3) is 0.200. The summed E-state index contributed by atoms with van der Waals surface area (Å²) in [6.07, 6.45) is 2.87. The summed E-state index contributed by atoms with van der Waals surface area (Å²) in [5, 5.41) is 2.65. The van der Waals surface area contributed by atoms with E-state index in [-0.39, 0.29) is 18.5 Å². The Morgan fingerprint density at radius 3 is 2.48 bits per heavy atom. The summed E-state index contributed by atoms with van der Waals surface area (Å²) in [6, 6.07) is 7.18. The topological polar surface area (TPSA) is 93.1 Å². The molecule has 31 heavy (non-hydrogen) atoms. The van der Waals surface area contributed by atoms with Crippen molar-refractivity contribution in [2.45, 2.75) is 17.4 Å². The summed E-state index contributed by atoms with van der Waals surface area (Å²) in [4.78, 5) is 16.1. The van der Waals surface area contributed by atoms with Crippen LogP contribution in [0.4, 0.5) is 13.2 Å². The van der Waals surface area contributed by atoms with E-state index in [4.69, 9.17) is 0 Å². The molecule has 3 rings (SSSR count). The van der Waals surface area contributed by atoms with Gasteiger partial charge in [-0.25, -0.2) is 31.3 Å². The molecule has 1 heterocycles. The lowest BCUT2D eigenvalue weighted by molar-refractivity contribution is -0.121. The number of imidazole rings is 1. The van der Waals surface area contributed by atoms with Gasteiger partial charge in [-0.2, -0.15) is 0 Å². The Labute approximate surface area is 177 Å². The lowest BCUT2D eigenvalue weighted by Gasteiger charge is -2.20. The minimum absolute atomic E-state index is 0.201. The van der Waals surface area contributed by atoms with Gasteiger partial charge in [0.1, 0.15) is 17.7 Å². The van der Waals surface area contributed by atoms with Crippen LogP contribution in [0.5, 0.6) is 0 Å². The van der Waals surface area contributed by atoms with Crippen molar-refractivity contribution >= 4 is 15.9 Å². The number of rotatable bonds is 8. The molecule has 11 heteroatoms. The second-order valence-corrected chi connectivity index (χ2v) is 8.41. The van der Waals surface area contributed by atoms with Crippen LogP contribution in [-0.4, -0.2) is 30.4 Å². The summed E-state index contributed by atoms with van der Waals surface area (Å²) < 4.78 is 68.8. The Morgan fingerprint density at radius 2 is 1.84 bits per heavy atom. The van der Waals surface area contributed by atoms with Crippen molar-refractivity contribution in [3.63, 3.8) is 0 Å². The zero-order valence-electron chi connectivity index (χ0n) is 16.3. The standard InChI is InChI=1S/C20H19F3N4O3S/c1-27-11-10-24-20(27)19(14-4-2-3-5-15(14)21)26-18(28)8-9-25-31(29,30)13-6-7-16(22)17(23)12-13/h2-7,10-12,19,25H,8-9H2,1H3,(H,26,28). The van der Waals surface area contributed by atoms with Gasteiger partial charge in [-0.15, -0.1) is 0 Å². The molecule has 0 radical (unpaired) electrons. The van der Waals surface area contributed by atoms with Gasteiger partial charge in [0.25, 0.3) is 0 Å². The number of carbonyl (C=O) groups is 1. The maximum atomic E-state index is 14.3. The number of nitrogens with one attached hydrogen (secondary N) is 2. The molecule has 1 unspecified atom stereocenters. The highest BCUT2D eigenvalue weighted by Gasteiger charge is 2.24. The van der Waals surface area contributed by atoms with E-state index in [1.165, 1.54) is 24.4 Å². The Kier molecular flexibility index (Phi) is 6.76. The number of sulfonamides is 1. The molecule has 3 aromatic rings. The highest BCUT2D eigenvalue weighted by molar-refractivity contribution is 7.89. The van der Waals surface area contributed by atoms with Gasteiger partial charge < -0.3 is 9.88 Å². The van der Waals surface area contributed by atoms with Crippen LogP contribution in [0, 0.1) is 17.5 Å². The highest BCUT2D eigenvalue weighted by Crippen LogP contribution is 2.23. The Balaban J connectivity index is 1.68. The molecule has 0 aliphatic rings. The molecule has 0 fully saturated rings. The van der Waals surface area contributed by atoms with Crippen molar-refractivity contribution in [1.29, 1.82) is 0 Å². The third-order valence-corrected chi connectivity index (χ3v) is 5.94. The molecule has 164 valence electrons. The molecule has 1 atom stereocenters. The zero-order valence-corrected chi connectivity index (χ0v) is 17.2. The maximum Gasteiger partial charge on any atom is 0.240 e. The van der Waals surface area contributed by atoms with E-state index in [2.05, 4.69) is 15.0 Å². The number of hydrogen-bond acceptors (Lipinski definition) is 4. The average Bonchev–Trinajstić information content (AvgIpc) is 3.14. The quantitative estimate of drug-likeness (QED) is 0.549. The van der Waals surface area contributed by atoms with Crippen molar-refractivity contribution in [3.8, 4) is 0 Å². The Hall–Kier alpha value is -3.18. The van der Waals surface area contributed by atoms with E-state index < -0.39 is 44.3 Å². The molecule has 0 aliphatic carbocycles. The van der Waals surface area contributed by atoms with E-state index in [0.717, 1.165) is 6.07 Å². The number of amides is 1. The first-order valence-corrected chi connectivity index (χ1v) is 10.6. The SMILES string of the molecule is Cn1ccnc1C(NC(=O)CCNS(=O)(=O)c1ccc(F)c(F)c1)c1ccccc1F. The largest absolute Gasteiger partial charge is 0.342 e. The number of carbonyl (C=O) groups excluding carboxylic acids is 1. The molecule has 2 N–H and O–H groups in total. The number of aromatic nitrogens is 2. The highest BCUT2D eigenvalue weighted by atomic mass is 32.2. The number of hydrogen-bond donors (Lipinski definition) is 2. The molecule has 0 aliphatic heterocycles. The predicted octanol–water partition coefficient (Wildman–Crippen LogP) is 2.41. The monoisotopic (exact) mass is 452 g/mol. The van der Waals surface area contributed by atoms with Gasteiger partial charge in [0.05, 0.1) is 4.90 Å². The van der Waals surface area contributed by atoms with Gasteiger partial charge in [-0.1, -0.05) is 18.2 Å². The van der Waals surface area contributed by atoms with Crippen molar-refractivity contribution < 1.29 is 26.4 Å². The Bertz CT molecular complexity index is 1200. The number of halogens is 3. The smallest absolute Gasteiger partial charge is 0.240 e. The molecule has 0 saturated carbocycles. The van der Waals surface area contributed by atoms with E-state index in [1.54, 1.807) is 23.9 Å². The summed E-state index contributed by atoms with van der Waals surface area (Å²) in [5.74, 6) is -3.19. The van der Waals surface area contributed by atoms with Crippen molar-refractivity contribution in [1.82, 2.24) is 19.6 Å². The summed E-state index contributed by atoms with van der Waals surface area (Å²) >= 11 is 0. The van der Waals surface area contributed by atoms with Gasteiger partial charge in [-0.3, -0.25) is 4.79 Å². The number of benzene rings is 2. The van der Waals surface area contributed by atoms with Gasteiger partial charge in [-0.05, 0) is 24.3 Å². The van der Waals surface area contributed by atoms with Crippen LogP contribution < -0.4 is 10.0 Å². The summed E-state index contributed by atoms with van der Waals surface area (Å²) in [7, 11) is -2.45. The molecular formula is C20H19F3N4O3S. The normalized spacial score (nSPS) is 12.5. The number of nitrogens with zero attached hydrogens (tertiary/aromatic N) is 2. The minimum atomic E-state index is -4.15. The van der Waals surface area contributed by atoms with Gasteiger partial charge in [0.15, 0.2) is 11.6 Å². The van der Waals surface area contributed by atoms with Gasteiger partial charge in [0.2, 0.25) is 15.9 Å². The van der Waals surface area contributed by atoms with Gasteiger partial charge >= 0.3 is 0 Å². The first-order valence-electron chi connectivity index (χ1n) is 9.15. The minimum Gasteiger partial charge on any atom is -0.342 e. The molecule has 1 aromatic heterocycles. The second-order valence-electron chi connectivity index (χ2n) is 6.64.